The Morgan fingerprint density at radius 3 is 2.78 bits per heavy atom. The van der Waals surface area contributed by atoms with Gasteiger partial charge in [-0.1, -0.05) is 30.3 Å². The molecule has 2 heterocycles. The smallest absolute Gasteiger partial charge is 0.224 e. The van der Waals surface area contributed by atoms with E-state index >= 15 is 0 Å². The summed E-state index contributed by atoms with van der Waals surface area (Å²) in [4.78, 5) is 22.4. The minimum Gasteiger partial charge on any atom is -0.370 e. The molecule has 1 aromatic carbocycles. The fraction of sp³-hybridized carbons (Fsp3) is 0.353. The minimum absolute atomic E-state index is 0.0423. The van der Waals surface area contributed by atoms with Gasteiger partial charge in [-0.15, -0.1) is 0 Å². The van der Waals surface area contributed by atoms with E-state index in [1.807, 2.05) is 35.2 Å². The zero-order valence-corrected chi connectivity index (χ0v) is 12.9. The third-order valence-corrected chi connectivity index (χ3v) is 3.78. The number of aromatic nitrogens is 2. The summed E-state index contributed by atoms with van der Waals surface area (Å²) in [7, 11) is 0. The van der Waals surface area contributed by atoms with Crippen LogP contribution in [0.4, 0.5) is 5.95 Å². The largest absolute Gasteiger partial charge is 0.370 e. The highest BCUT2D eigenvalue weighted by Gasteiger charge is 2.24. The third kappa shape index (κ3) is 4.26. The Hall–Kier alpha value is -2.47. The van der Waals surface area contributed by atoms with Crippen molar-refractivity contribution in [2.45, 2.75) is 12.5 Å². The van der Waals surface area contributed by atoms with E-state index in [4.69, 9.17) is 4.74 Å². The summed E-state index contributed by atoms with van der Waals surface area (Å²) in [5.74, 6) is 0.669. The van der Waals surface area contributed by atoms with Crippen molar-refractivity contribution in [3.05, 3.63) is 54.4 Å². The molecule has 1 N–H and O–H groups in total. The molecule has 2 aromatic rings. The van der Waals surface area contributed by atoms with Crippen molar-refractivity contribution in [2.24, 2.45) is 0 Å². The lowest BCUT2D eigenvalue weighted by molar-refractivity contribution is -0.138. The molecule has 0 aliphatic carbocycles. The topological polar surface area (TPSA) is 67.4 Å². The van der Waals surface area contributed by atoms with Crippen molar-refractivity contribution in [2.75, 3.05) is 31.6 Å². The fourth-order valence-electron chi connectivity index (χ4n) is 2.57. The Labute approximate surface area is 135 Å². The molecular formula is C17H20N4O2. The Bertz CT molecular complexity index is 621. The number of hydrogen-bond acceptors (Lipinski definition) is 5. The first-order valence-electron chi connectivity index (χ1n) is 7.78. The molecule has 1 fully saturated rings. The predicted octanol–water partition coefficient (Wildman–Crippen LogP) is 1.88. The van der Waals surface area contributed by atoms with Crippen LogP contribution in [0.2, 0.25) is 0 Å². The Morgan fingerprint density at radius 1 is 1.22 bits per heavy atom. The van der Waals surface area contributed by atoms with Gasteiger partial charge in [-0.3, -0.25) is 4.79 Å². The van der Waals surface area contributed by atoms with Crippen LogP contribution in [0.3, 0.4) is 0 Å². The van der Waals surface area contributed by atoms with E-state index < -0.39 is 0 Å². The molecule has 1 aliphatic heterocycles. The summed E-state index contributed by atoms with van der Waals surface area (Å²) in [6.45, 7) is 2.34. The van der Waals surface area contributed by atoms with Crippen LogP contribution in [0.25, 0.3) is 0 Å². The van der Waals surface area contributed by atoms with Crippen molar-refractivity contribution in [3.8, 4) is 0 Å². The van der Waals surface area contributed by atoms with E-state index in [2.05, 4.69) is 15.3 Å². The number of nitrogens with one attached hydrogen (secondary N) is 1. The summed E-state index contributed by atoms with van der Waals surface area (Å²) in [6.07, 6.45) is 3.71. The van der Waals surface area contributed by atoms with E-state index in [9.17, 15) is 4.79 Å². The number of amides is 1. The number of anilines is 1. The van der Waals surface area contributed by atoms with Gasteiger partial charge in [0.1, 0.15) is 6.10 Å². The number of nitrogens with zero attached hydrogens (tertiary/aromatic N) is 3. The number of rotatable bonds is 5. The van der Waals surface area contributed by atoms with Crippen molar-refractivity contribution in [1.82, 2.24) is 14.9 Å². The number of ether oxygens (including phenoxy) is 1. The Morgan fingerprint density at radius 2 is 2.00 bits per heavy atom. The molecule has 1 atom stereocenters. The van der Waals surface area contributed by atoms with Crippen molar-refractivity contribution >= 4 is 11.9 Å². The van der Waals surface area contributed by atoms with Crippen LogP contribution < -0.4 is 5.32 Å². The van der Waals surface area contributed by atoms with Gasteiger partial charge in [0, 0.05) is 31.9 Å². The summed E-state index contributed by atoms with van der Waals surface area (Å²) < 4.78 is 5.79. The minimum atomic E-state index is -0.0423. The quantitative estimate of drug-likeness (QED) is 0.913. The van der Waals surface area contributed by atoms with Crippen LogP contribution in [0.5, 0.6) is 0 Å². The first kappa shape index (κ1) is 15.4. The van der Waals surface area contributed by atoms with E-state index in [1.165, 1.54) is 0 Å². The zero-order valence-electron chi connectivity index (χ0n) is 12.9. The van der Waals surface area contributed by atoms with E-state index in [0.717, 1.165) is 5.56 Å². The number of carbonyl (C=O) groups excluding carboxylic acids is 1. The number of morpholine rings is 1. The molecule has 1 aromatic heterocycles. The molecule has 0 saturated carbocycles. The van der Waals surface area contributed by atoms with Gasteiger partial charge < -0.3 is 15.0 Å². The average Bonchev–Trinajstić information content (AvgIpc) is 2.63. The molecule has 1 amide bonds. The van der Waals surface area contributed by atoms with Crippen LogP contribution in [0.15, 0.2) is 48.8 Å². The van der Waals surface area contributed by atoms with Crippen LogP contribution in [-0.2, 0) is 9.53 Å². The fourth-order valence-corrected chi connectivity index (χ4v) is 2.57. The van der Waals surface area contributed by atoms with Crippen LogP contribution in [0, 0.1) is 0 Å². The third-order valence-electron chi connectivity index (χ3n) is 3.78. The Balaban J connectivity index is 1.49. The molecule has 23 heavy (non-hydrogen) atoms. The SMILES string of the molecule is O=C(CCNc1ncccn1)N1CCO[C@@H](c2ccccc2)C1. The number of carbonyl (C=O) groups is 1. The highest BCUT2D eigenvalue weighted by atomic mass is 16.5. The van der Waals surface area contributed by atoms with Gasteiger partial charge in [0.2, 0.25) is 11.9 Å². The van der Waals surface area contributed by atoms with E-state index in [1.54, 1.807) is 18.5 Å². The van der Waals surface area contributed by atoms with Gasteiger partial charge in [-0.25, -0.2) is 9.97 Å². The standard InChI is InChI=1S/C17H20N4O2/c22-16(7-10-20-17-18-8-4-9-19-17)21-11-12-23-15(13-21)14-5-2-1-3-6-14/h1-6,8-9,15H,7,10-13H2,(H,18,19,20)/t15-/m1/s1. The number of hydrogen-bond donors (Lipinski definition) is 1. The van der Waals surface area contributed by atoms with Gasteiger partial charge >= 0.3 is 0 Å². The predicted molar refractivity (Wildman–Crippen MR) is 86.9 cm³/mol. The summed E-state index contributed by atoms with van der Waals surface area (Å²) in [6, 6.07) is 11.8. The monoisotopic (exact) mass is 312 g/mol. The molecular weight excluding hydrogens is 292 g/mol. The molecule has 0 spiro atoms. The molecule has 120 valence electrons. The second-order valence-corrected chi connectivity index (χ2v) is 5.36. The van der Waals surface area contributed by atoms with Crippen molar-refractivity contribution in [3.63, 3.8) is 0 Å². The van der Waals surface area contributed by atoms with Crippen molar-refractivity contribution < 1.29 is 9.53 Å². The second kappa shape index (κ2) is 7.69. The van der Waals surface area contributed by atoms with Gasteiger partial charge in [-0.2, -0.15) is 0 Å². The second-order valence-electron chi connectivity index (χ2n) is 5.36. The molecule has 0 unspecified atom stereocenters. The van der Waals surface area contributed by atoms with Crippen LogP contribution in [-0.4, -0.2) is 47.0 Å². The Kier molecular flexibility index (Phi) is 5.16. The average molecular weight is 312 g/mol. The lowest BCUT2D eigenvalue weighted by Gasteiger charge is -2.33. The van der Waals surface area contributed by atoms with Gasteiger partial charge in [0.25, 0.3) is 0 Å². The highest BCUT2D eigenvalue weighted by Crippen LogP contribution is 2.22. The first-order chi connectivity index (χ1) is 11.3. The molecule has 1 aliphatic rings. The molecule has 6 nitrogen and oxygen atoms in total. The highest BCUT2D eigenvalue weighted by molar-refractivity contribution is 5.76. The summed E-state index contributed by atoms with van der Waals surface area (Å²) >= 11 is 0. The maximum absolute atomic E-state index is 12.4. The first-order valence-corrected chi connectivity index (χ1v) is 7.78. The summed E-state index contributed by atoms with van der Waals surface area (Å²) in [5.41, 5.74) is 1.11. The van der Waals surface area contributed by atoms with Gasteiger partial charge in [0.05, 0.1) is 13.2 Å². The van der Waals surface area contributed by atoms with E-state index in [0.29, 0.717) is 38.6 Å². The van der Waals surface area contributed by atoms with Gasteiger partial charge in [-0.05, 0) is 11.6 Å². The van der Waals surface area contributed by atoms with Crippen molar-refractivity contribution in [1.29, 1.82) is 0 Å². The zero-order chi connectivity index (χ0) is 15.9. The maximum atomic E-state index is 12.4. The van der Waals surface area contributed by atoms with E-state index in [-0.39, 0.29) is 12.0 Å². The van der Waals surface area contributed by atoms with Crippen LogP contribution >= 0.6 is 0 Å². The van der Waals surface area contributed by atoms with Gasteiger partial charge in [0.15, 0.2) is 0 Å². The molecule has 0 bridgehead atoms. The normalized spacial score (nSPS) is 17.7. The lowest BCUT2D eigenvalue weighted by Crippen LogP contribution is -2.42. The summed E-state index contributed by atoms with van der Waals surface area (Å²) in [5, 5.41) is 3.06. The molecule has 0 radical (unpaired) electrons. The lowest BCUT2D eigenvalue weighted by atomic mass is 10.1. The molecule has 3 rings (SSSR count). The maximum Gasteiger partial charge on any atom is 0.224 e. The molecule has 1 saturated heterocycles. The number of benzene rings is 1. The van der Waals surface area contributed by atoms with Crippen LogP contribution in [0.1, 0.15) is 18.1 Å². The molecule has 6 heteroatoms.